The van der Waals surface area contributed by atoms with Crippen LogP contribution in [-0.2, 0) is 22.6 Å². The molecule has 1 aliphatic rings. The Hall–Kier alpha value is -3.07. The monoisotopic (exact) mass is 510 g/mol. The van der Waals surface area contributed by atoms with Crippen molar-refractivity contribution in [1.82, 2.24) is 5.32 Å². The van der Waals surface area contributed by atoms with Crippen LogP contribution in [0.5, 0.6) is 5.75 Å². The second kappa shape index (κ2) is 12.9. The number of hydrogen-bond donors (Lipinski definition) is 5. The first-order valence-corrected chi connectivity index (χ1v) is 12.9. The molecule has 0 fully saturated rings. The summed E-state index contributed by atoms with van der Waals surface area (Å²) in [5.74, 6) is -2.84. The van der Waals surface area contributed by atoms with Crippen LogP contribution in [0.15, 0.2) is 36.4 Å². The molecule has 8 nitrogen and oxygen atoms in total. The highest BCUT2D eigenvalue weighted by atomic mass is 16.3. The van der Waals surface area contributed by atoms with E-state index < -0.39 is 36.6 Å². The van der Waals surface area contributed by atoms with Gasteiger partial charge in [-0.1, -0.05) is 44.2 Å². The summed E-state index contributed by atoms with van der Waals surface area (Å²) < 4.78 is 0. The van der Waals surface area contributed by atoms with E-state index in [4.69, 9.17) is 5.73 Å². The van der Waals surface area contributed by atoms with E-state index in [9.17, 15) is 29.7 Å². The van der Waals surface area contributed by atoms with Gasteiger partial charge in [-0.2, -0.15) is 0 Å². The second-order valence-electron chi connectivity index (χ2n) is 10.3. The number of aliphatic hydroxyl groups is 2. The van der Waals surface area contributed by atoms with E-state index in [1.54, 1.807) is 6.07 Å². The molecule has 1 amide bonds. The van der Waals surface area contributed by atoms with Crippen LogP contribution in [0.25, 0.3) is 11.1 Å². The maximum Gasteiger partial charge on any atom is 0.224 e. The fourth-order valence-corrected chi connectivity index (χ4v) is 5.34. The van der Waals surface area contributed by atoms with Crippen LogP contribution >= 0.6 is 0 Å². The summed E-state index contributed by atoms with van der Waals surface area (Å²) >= 11 is 0. The van der Waals surface area contributed by atoms with Crippen molar-refractivity contribution >= 4 is 17.5 Å². The quantitative estimate of drug-likeness (QED) is 0.260. The van der Waals surface area contributed by atoms with Gasteiger partial charge in [0.1, 0.15) is 11.5 Å². The lowest BCUT2D eigenvalue weighted by molar-refractivity contribution is -0.131. The SMILES string of the molecule is CC(C)NCc1ccc(-c2ccc(O)c3c2CC(CC(CCO)C(CO)C(=O)CC(N)=O)CC3=O)cc1. The highest BCUT2D eigenvalue weighted by Crippen LogP contribution is 2.41. The fraction of sp³-hybridized carbons (Fsp3) is 0.483. The van der Waals surface area contributed by atoms with Crippen molar-refractivity contribution in [3.05, 3.63) is 53.1 Å². The minimum atomic E-state index is -0.841. The molecule has 3 rings (SSSR count). The third kappa shape index (κ3) is 7.25. The molecular weight excluding hydrogens is 472 g/mol. The van der Waals surface area contributed by atoms with E-state index in [0.29, 0.717) is 24.4 Å². The van der Waals surface area contributed by atoms with E-state index in [-0.39, 0.29) is 36.9 Å². The van der Waals surface area contributed by atoms with Crippen LogP contribution in [0.3, 0.4) is 0 Å². The molecule has 0 saturated heterocycles. The number of fused-ring (bicyclic) bond motifs is 1. The highest BCUT2D eigenvalue weighted by Gasteiger charge is 2.35. The van der Waals surface area contributed by atoms with Gasteiger partial charge in [-0.3, -0.25) is 14.4 Å². The van der Waals surface area contributed by atoms with Crippen molar-refractivity contribution < 1.29 is 29.7 Å². The van der Waals surface area contributed by atoms with E-state index in [0.717, 1.165) is 28.8 Å². The van der Waals surface area contributed by atoms with Crippen LogP contribution in [-0.4, -0.2) is 52.0 Å². The van der Waals surface area contributed by atoms with Crippen LogP contribution in [0.2, 0.25) is 0 Å². The smallest absolute Gasteiger partial charge is 0.224 e. The number of phenols is 1. The van der Waals surface area contributed by atoms with E-state index in [2.05, 4.69) is 19.2 Å². The van der Waals surface area contributed by atoms with Gasteiger partial charge in [-0.25, -0.2) is 0 Å². The number of carbonyl (C=O) groups is 3. The average molecular weight is 511 g/mol. The Bertz CT molecular complexity index is 1110. The van der Waals surface area contributed by atoms with Gasteiger partial charge in [-0.05, 0) is 59.4 Å². The standard InChI is InChI=1S/C29H38N2O6/c1-17(2)31-15-18-3-5-20(6-4-18)22-7-8-25(34)29-23(22)12-19(13-27(29)36)11-21(9-10-32)24(16-33)26(35)14-28(30)37/h3-8,17,19,21,24,31-34H,9-16H2,1-2H3,(H2,30,37). The minimum Gasteiger partial charge on any atom is -0.507 e. The summed E-state index contributed by atoms with van der Waals surface area (Å²) in [6.45, 7) is 4.28. The second-order valence-corrected chi connectivity index (χ2v) is 10.3. The largest absolute Gasteiger partial charge is 0.507 e. The molecule has 200 valence electrons. The topological polar surface area (TPSA) is 150 Å². The molecule has 0 saturated carbocycles. The molecule has 2 aromatic carbocycles. The molecule has 1 aliphatic carbocycles. The molecule has 8 heteroatoms. The Labute approximate surface area is 217 Å². The fourth-order valence-electron chi connectivity index (χ4n) is 5.34. The molecule has 2 aromatic rings. The zero-order valence-electron chi connectivity index (χ0n) is 21.6. The molecule has 6 N–H and O–H groups in total. The van der Waals surface area contributed by atoms with Crippen LogP contribution < -0.4 is 11.1 Å². The van der Waals surface area contributed by atoms with Gasteiger partial charge in [0.2, 0.25) is 5.91 Å². The van der Waals surface area contributed by atoms with Gasteiger partial charge in [-0.15, -0.1) is 0 Å². The van der Waals surface area contributed by atoms with Gasteiger partial charge in [0, 0.05) is 31.5 Å². The molecule has 0 aromatic heterocycles. The number of aliphatic hydroxyl groups excluding tert-OH is 2. The van der Waals surface area contributed by atoms with Crippen LogP contribution in [0.4, 0.5) is 0 Å². The first-order chi connectivity index (χ1) is 17.6. The zero-order chi connectivity index (χ0) is 27.1. The number of ketones is 2. The number of hydrogen-bond acceptors (Lipinski definition) is 7. The first kappa shape index (κ1) is 28.5. The van der Waals surface area contributed by atoms with E-state index in [1.807, 2.05) is 30.3 Å². The maximum absolute atomic E-state index is 13.2. The van der Waals surface area contributed by atoms with Crippen LogP contribution in [0.1, 0.15) is 61.0 Å². The molecule has 0 heterocycles. The number of nitrogens with two attached hydrogens (primary N) is 1. The highest BCUT2D eigenvalue weighted by molar-refractivity contribution is 6.03. The van der Waals surface area contributed by atoms with Gasteiger partial charge in [0.15, 0.2) is 5.78 Å². The zero-order valence-corrected chi connectivity index (χ0v) is 21.6. The Balaban J connectivity index is 1.88. The maximum atomic E-state index is 13.2. The predicted octanol–water partition coefficient (Wildman–Crippen LogP) is 2.74. The molecule has 0 radical (unpaired) electrons. The van der Waals surface area contributed by atoms with Crippen molar-refractivity contribution in [1.29, 1.82) is 0 Å². The average Bonchev–Trinajstić information content (AvgIpc) is 2.83. The predicted molar refractivity (Wildman–Crippen MR) is 141 cm³/mol. The van der Waals surface area contributed by atoms with Gasteiger partial charge in [0.05, 0.1) is 18.6 Å². The lowest BCUT2D eigenvalue weighted by atomic mass is 9.72. The number of phenolic OH excluding ortho intramolecular Hbond substituents is 1. The number of aromatic hydroxyl groups is 1. The Morgan fingerprint density at radius 2 is 1.78 bits per heavy atom. The molecule has 0 spiro atoms. The number of amides is 1. The minimum absolute atomic E-state index is 0.0447. The summed E-state index contributed by atoms with van der Waals surface area (Å²) in [4.78, 5) is 37.0. The Morgan fingerprint density at radius 3 is 2.38 bits per heavy atom. The van der Waals surface area contributed by atoms with Crippen molar-refractivity contribution in [2.24, 2.45) is 23.5 Å². The van der Waals surface area contributed by atoms with Gasteiger partial charge < -0.3 is 26.4 Å². The van der Waals surface area contributed by atoms with Crippen molar-refractivity contribution in [2.45, 2.75) is 58.5 Å². The van der Waals surface area contributed by atoms with Crippen molar-refractivity contribution in [3.63, 3.8) is 0 Å². The van der Waals surface area contributed by atoms with Crippen molar-refractivity contribution in [2.75, 3.05) is 13.2 Å². The Morgan fingerprint density at radius 1 is 1.08 bits per heavy atom. The first-order valence-electron chi connectivity index (χ1n) is 12.9. The lowest BCUT2D eigenvalue weighted by Crippen LogP contribution is -2.33. The van der Waals surface area contributed by atoms with Crippen LogP contribution in [0, 0.1) is 17.8 Å². The normalized spacial score (nSPS) is 16.9. The molecule has 37 heavy (non-hydrogen) atoms. The lowest BCUT2D eigenvalue weighted by Gasteiger charge is -2.31. The number of primary amides is 1. The van der Waals surface area contributed by atoms with E-state index >= 15 is 0 Å². The molecule has 0 bridgehead atoms. The number of carbonyl (C=O) groups excluding carboxylic acids is 3. The van der Waals surface area contributed by atoms with E-state index in [1.165, 1.54) is 0 Å². The Kier molecular flexibility index (Phi) is 9.97. The third-order valence-corrected chi connectivity index (χ3v) is 7.18. The van der Waals surface area contributed by atoms with Gasteiger partial charge in [0.25, 0.3) is 0 Å². The number of Topliss-reactive ketones (excluding diaryl/α,β-unsaturated/α-hetero) is 2. The van der Waals surface area contributed by atoms with Crippen molar-refractivity contribution in [3.8, 4) is 16.9 Å². The van der Waals surface area contributed by atoms with Gasteiger partial charge >= 0.3 is 0 Å². The molecule has 3 atom stereocenters. The number of benzene rings is 2. The third-order valence-electron chi connectivity index (χ3n) is 7.18. The molecular formula is C29H38N2O6. The molecule has 3 unspecified atom stereocenters. The molecule has 0 aliphatic heterocycles. The summed E-state index contributed by atoms with van der Waals surface area (Å²) in [5, 5.41) is 33.4. The number of nitrogens with one attached hydrogen (secondary N) is 1. The summed E-state index contributed by atoms with van der Waals surface area (Å²) in [5.41, 5.74) is 9.23. The summed E-state index contributed by atoms with van der Waals surface area (Å²) in [6, 6.07) is 11.9. The summed E-state index contributed by atoms with van der Waals surface area (Å²) in [7, 11) is 0. The summed E-state index contributed by atoms with van der Waals surface area (Å²) in [6.07, 6.45) is 0.891. The number of rotatable bonds is 13.